The summed E-state index contributed by atoms with van der Waals surface area (Å²) in [5.74, 6) is 0. The second-order valence-electron chi connectivity index (χ2n) is 4.44. The topological polar surface area (TPSA) is 36.4 Å². The van der Waals surface area contributed by atoms with Gasteiger partial charge in [0.2, 0.25) is 0 Å². The summed E-state index contributed by atoms with van der Waals surface area (Å²) < 4.78 is 0. The average Bonchev–Trinajstić information content (AvgIpc) is 2.40. The summed E-state index contributed by atoms with van der Waals surface area (Å²) in [6.45, 7) is 2.54. The van der Waals surface area contributed by atoms with Crippen molar-refractivity contribution in [3.8, 4) is 0 Å². The minimum atomic E-state index is -0.417. The molecule has 0 fully saturated rings. The number of hydrogen-bond donors (Lipinski definition) is 1. The second-order valence-corrected chi connectivity index (χ2v) is 4.44. The van der Waals surface area contributed by atoms with Crippen LogP contribution >= 0.6 is 0 Å². The van der Waals surface area contributed by atoms with Crippen LogP contribution in [0.3, 0.4) is 0 Å². The highest BCUT2D eigenvalue weighted by atomic mass is 16.3. The van der Waals surface area contributed by atoms with Crippen molar-refractivity contribution in [2.45, 2.75) is 19.6 Å². The van der Waals surface area contributed by atoms with Crippen LogP contribution in [0.5, 0.6) is 0 Å². The van der Waals surface area contributed by atoms with Gasteiger partial charge in [0.15, 0.2) is 0 Å². The molecule has 1 heterocycles. The minimum absolute atomic E-state index is 0.417. The third-order valence-corrected chi connectivity index (χ3v) is 2.94. The summed E-state index contributed by atoms with van der Waals surface area (Å²) in [6, 6.07) is 13.9. The van der Waals surface area contributed by atoms with E-state index in [0.29, 0.717) is 0 Å². The Morgan fingerprint density at radius 3 is 2.44 bits per heavy atom. The van der Waals surface area contributed by atoms with Gasteiger partial charge in [0.05, 0.1) is 18.3 Å². The van der Waals surface area contributed by atoms with Crippen LogP contribution in [-0.4, -0.2) is 17.1 Å². The Morgan fingerprint density at radius 1 is 1.17 bits per heavy atom. The van der Waals surface area contributed by atoms with E-state index in [9.17, 15) is 5.11 Å². The van der Waals surface area contributed by atoms with Gasteiger partial charge in [-0.25, -0.2) is 0 Å². The van der Waals surface area contributed by atoms with E-state index in [-0.39, 0.29) is 0 Å². The molecule has 0 saturated heterocycles. The zero-order valence-electron chi connectivity index (χ0n) is 10.7. The fraction of sp³-hybridized carbons (Fsp3) is 0.267. The lowest BCUT2D eigenvalue weighted by Crippen LogP contribution is -2.17. The van der Waals surface area contributed by atoms with Gasteiger partial charge in [0.1, 0.15) is 0 Å². The van der Waals surface area contributed by atoms with Gasteiger partial charge in [-0.1, -0.05) is 18.2 Å². The summed E-state index contributed by atoms with van der Waals surface area (Å²) >= 11 is 0. The molecule has 0 aliphatic heterocycles. The maximum Gasteiger partial charge on any atom is 0.0761 e. The average molecular weight is 242 g/mol. The largest absolute Gasteiger partial charge is 0.389 e. The molecule has 1 N–H and O–H groups in total. The lowest BCUT2D eigenvalue weighted by molar-refractivity contribution is 0.199. The zero-order chi connectivity index (χ0) is 13.0. The van der Waals surface area contributed by atoms with E-state index in [1.54, 1.807) is 13.1 Å². The molecule has 0 aliphatic rings. The minimum Gasteiger partial charge on any atom is -0.389 e. The number of aliphatic hydroxyl groups excluding tert-OH is 1. The van der Waals surface area contributed by atoms with Gasteiger partial charge in [0.25, 0.3) is 0 Å². The van der Waals surface area contributed by atoms with Crippen LogP contribution in [0.4, 0.5) is 5.69 Å². The van der Waals surface area contributed by atoms with E-state index in [1.165, 1.54) is 0 Å². The Labute approximate surface area is 108 Å². The molecule has 2 aromatic rings. The third-order valence-electron chi connectivity index (χ3n) is 2.94. The number of nitrogens with zero attached hydrogens (tertiary/aromatic N) is 2. The number of benzene rings is 1. The predicted octanol–water partition coefficient (Wildman–Crippen LogP) is 2.77. The fourth-order valence-electron chi connectivity index (χ4n) is 1.83. The molecule has 1 aromatic carbocycles. The number of pyridine rings is 1. The number of aliphatic hydroxyl groups is 1. The van der Waals surface area contributed by atoms with Crippen molar-refractivity contribution in [1.82, 2.24) is 4.98 Å². The van der Waals surface area contributed by atoms with Crippen LogP contribution in [0.15, 0.2) is 48.7 Å². The van der Waals surface area contributed by atoms with Crippen molar-refractivity contribution in [2.75, 3.05) is 11.9 Å². The number of hydrogen-bond acceptors (Lipinski definition) is 3. The second kappa shape index (κ2) is 5.65. The first-order valence-corrected chi connectivity index (χ1v) is 6.06. The molecule has 1 atom stereocenters. The summed E-state index contributed by atoms with van der Waals surface area (Å²) in [5.41, 5.74) is 3.09. The maximum atomic E-state index is 9.46. The first kappa shape index (κ1) is 12.6. The summed E-state index contributed by atoms with van der Waals surface area (Å²) in [6.07, 6.45) is 1.39. The molecule has 3 heteroatoms. The predicted molar refractivity (Wildman–Crippen MR) is 73.4 cm³/mol. The van der Waals surface area contributed by atoms with Gasteiger partial charge in [-0.3, -0.25) is 4.98 Å². The van der Waals surface area contributed by atoms with Gasteiger partial charge >= 0.3 is 0 Å². The standard InChI is InChI=1S/C15H18N2O/c1-12(18)13-6-8-15(9-7-13)17(2)11-14-5-3-4-10-16-14/h3-10,12,18H,11H2,1-2H3. The molecule has 0 spiro atoms. The molecule has 18 heavy (non-hydrogen) atoms. The molecule has 0 saturated carbocycles. The van der Waals surface area contributed by atoms with Crippen molar-refractivity contribution in [3.05, 3.63) is 59.9 Å². The van der Waals surface area contributed by atoms with Crippen molar-refractivity contribution in [2.24, 2.45) is 0 Å². The Kier molecular flexibility index (Phi) is 3.95. The first-order valence-electron chi connectivity index (χ1n) is 6.06. The lowest BCUT2D eigenvalue weighted by Gasteiger charge is -2.19. The van der Waals surface area contributed by atoms with Gasteiger partial charge in [0, 0.05) is 18.9 Å². The number of anilines is 1. The van der Waals surface area contributed by atoms with Gasteiger partial charge in [-0.05, 0) is 36.8 Å². The molecule has 2 rings (SSSR count). The summed E-state index contributed by atoms with van der Waals surface area (Å²) in [4.78, 5) is 6.44. The molecule has 94 valence electrons. The van der Waals surface area contributed by atoms with Gasteiger partial charge < -0.3 is 10.0 Å². The Balaban J connectivity index is 2.07. The lowest BCUT2D eigenvalue weighted by atomic mass is 10.1. The van der Waals surface area contributed by atoms with E-state index in [2.05, 4.69) is 9.88 Å². The van der Waals surface area contributed by atoms with Crippen molar-refractivity contribution in [1.29, 1.82) is 0 Å². The molecule has 0 radical (unpaired) electrons. The fourth-order valence-corrected chi connectivity index (χ4v) is 1.83. The van der Waals surface area contributed by atoms with Crippen LogP contribution in [-0.2, 0) is 6.54 Å². The number of rotatable bonds is 4. The quantitative estimate of drug-likeness (QED) is 0.895. The SMILES string of the molecule is CC(O)c1ccc(N(C)Cc2ccccn2)cc1. The Morgan fingerprint density at radius 2 is 1.89 bits per heavy atom. The zero-order valence-corrected chi connectivity index (χ0v) is 10.7. The third kappa shape index (κ3) is 3.08. The highest BCUT2D eigenvalue weighted by Gasteiger charge is 2.04. The van der Waals surface area contributed by atoms with Gasteiger partial charge in [-0.2, -0.15) is 0 Å². The molecule has 3 nitrogen and oxygen atoms in total. The van der Waals surface area contributed by atoms with E-state index in [1.807, 2.05) is 49.5 Å². The molecule has 1 unspecified atom stereocenters. The molecular weight excluding hydrogens is 224 g/mol. The Hall–Kier alpha value is -1.87. The monoisotopic (exact) mass is 242 g/mol. The Bertz CT molecular complexity index is 480. The highest BCUT2D eigenvalue weighted by Crippen LogP contribution is 2.19. The molecule has 0 aliphatic carbocycles. The van der Waals surface area contributed by atoms with Crippen LogP contribution < -0.4 is 4.90 Å². The van der Waals surface area contributed by atoms with Crippen LogP contribution in [0.25, 0.3) is 0 Å². The molecule has 1 aromatic heterocycles. The van der Waals surface area contributed by atoms with Gasteiger partial charge in [-0.15, -0.1) is 0 Å². The number of aromatic nitrogens is 1. The van der Waals surface area contributed by atoms with E-state index < -0.39 is 6.10 Å². The smallest absolute Gasteiger partial charge is 0.0761 e. The van der Waals surface area contributed by atoms with E-state index >= 15 is 0 Å². The molecule has 0 bridgehead atoms. The van der Waals surface area contributed by atoms with Crippen molar-refractivity contribution < 1.29 is 5.11 Å². The molecular formula is C15H18N2O. The molecule has 0 amide bonds. The van der Waals surface area contributed by atoms with E-state index in [4.69, 9.17) is 0 Å². The van der Waals surface area contributed by atoms with E-state index in [0.717, 1.165) is 23.5 Å². The van der Waals surface area contributed by atoms with Crippen LogP contribution in [0.1, 0.15) is 24.3 Å². The van der Waals surface area contributed by atoms with Crippen molar-refractivity contribution in [3.63, 3.8) is 0 Å². The van der Waals surface area contributed by atoms with Crippen LogP contribution in [0, 0.1) is 0 Å². The normalized spacial score (nSPS) is 12.2. The van der Waals surface area contributed by atoms with Crippen molar-refractivity contribution >= 4 is 5.69 Å². The summed E-state index contributed by atoms with van der Waals surface area (Å²) in [5, 5.41) is 9.46. The summed E-state index contributed by atoms with van der Waals surface area (Å²) in [7, 11) is 2.03. The van der Waals surface area contributed by atoms with Crippen LogP contribution in [0.2, 0.25) is 0 Å². The maximum absolute atomic E-state index is 9.46. The first-order chi connectivity index (χ1) is 8.66. The highest BCUT2D eigenvalue weighted by molar-refractivity contribution is 5.47.